The van der Waals surface area contributed by atoms with Gasteiger partial charge in [-0.15, -0.1) is 11.3 Å². The van der Waals surface area contributed by atoms with E-state index in [2.05, 4.69) is 36.8 Å². The zero-order chi connectivity index (χ0) is 12.5. The smallest absolute Gasteiger partial charge is 0.195 e. The molecular formula is C12H16BrN3OS. The Hall–Kier alpha value is -0.590. The van der Waals surface area contributed by atoms with E-state index in [1.54, 1.807) is 18.4 Å². The molecule has 3 rings (SSSR count). The highest BCUT2D eigenvalue weighted by molar-refractivity contribution is 9.08. The standard InChI is InChI=1S/C12H16BrN3OS/c1-17-9-3-2-4-15(8-9)11-10(7-13)16-5-6-18-12(16)14-11/h5-6,9H,2-4,7-8H2,1H3. The second-order valence-corrected chi connectivity index (χ2v) is 5.95. The normalized spacial score (nSPS) is 20.8. The zero-order valence-corrected chi connectivity index (χ0v) is 12.7. The Balaban J connectivity index is 1.95. The number of nitrogens with zero attached hydrogens (tertiary/aromatic N) is 3. The summed E-state index contributed by atoms with van der Waals surface area (Å²) in [6, 6.07) is 0. The summed E-state index contributed by atoms with van der Waals surface area (Å²) >= 11 is 5.26. The van der Waals surface area contributed by atoms with Crippen molar-refractivity contribution in [2.75, 3.05) is 25.1 Å². The first-order valence-corrected chi connectivity index (χ1v) is 8.11. The zero-order valence-electron chi connectivity index (χ0n) is 10.3. The number of anilines is 1. The van der Waals surface area contributed by atoms with E-state index in [4.69, 9.17) is 9.72 Å². The van der Waals surface area contributed by atoms with Crippen LogP contribution in [0, 0.1) is 0 Å². The maximum absolute atomic E-state index is 5.49. The van der Waals surface area contributed by atoms with Gasteiger partial charge < -0.3 is 9.64 Å². The minimum absolute atomic E-state index is 0.335. The molecule has 2 aromatic heterocycles. The van der Waals surface area contributed by atoms with Gasteiger partial charge >= 0.3 is 0 Å². The van der Waals surface area contributed by atoms with E-state index >= 15 is 0 Å². The third-order valence-electron chi connectivity index (χ3n) is 3.48. The van der Waals surface area contributed by atoms with Gasteiger partial charge in [-0.25, -0.2) is 4.98 Å². The van der Waals surface area contributed by atoms with E-state index < -0.39 is 0 Å². The van der Waals surface area contributed by atoms with E-state index in [0.717, 1.165) is 35.6 Å². The third-order valence-corrected chi connectivity index (χ3v) is 4.77. The summed E-state index contributed by atoms with van der Waals surface area (Å²) in [4.78, 5) is 8.18. The van der Waals surface area contributed by atoms with Crippen LogP contribution in [0.4, 0.5) is 5.82 Å². The van der Waals surface area contributed by atoms with E-state index in [0.29, 0.717) is 6.10 Å². The lowest BCUT2D eigenvalue weighted by Crippen LogP contribution is -2.39. The second kappa shape index (κ2) is 5.19. The van der Waals surface area contributed by atoms with Crippen molar-refractivity contribution in [3.63, 3.8) is 0 Å². The Kier molecular flexibility index (Phi) is 3.59. The molecule has 0 bridgehead atoms. The van der Waals surface area contributed by atoms with Crippen LogP contribution in [0.1, 0.15) is 18.5 Å². The van der Waals surface area contributed by atoms with Crippen LogP contribution in [0.25, 0.3) is 4.96 Å². The largest absolute Gasteiger partial charge is 0.380 e. The Morgan fingerprint density at radius 2 is 2.50 bits per heavy atom. The predicted octanol–water partition coefficient (Wildman–Crippen LogP) is 2.91. The van der Waals surface area contributed by atoms with E-state index in [9.17, 15) is 0 Å². The number of aromatic nitrogens is 2. The maximum Gasteiger partial charge on any atom is 0.195 e. The van der Waals surface area contributed by atoms with Crippen molar-refractivity contribution in [2.24, 2.45) is 0 Å². The molecule has 1 aliphatic heterocycles. The monoisotopic (exact) mass is 329 g/mol. The van der Waals surface area contributed by atoms with Crippen molar-refractivity contribution in [3.8, 4) is 0 Å². The topological polar surface area (TPSA) is 29.8 Å². The van der Waals surface area contributed by atoms with Gasteiger partial charge in [0.05, 0.1) is 11.8 Å². The molecule has 98 valence electrons. The van der Waals surface area contributed by atoms with Crippen molar-refractivity contribution in [1.82, 2.24) is 9.38 Å². The first-order chi connectivity index (χ1) is 8.83. The molecule has 1 aliphatic rings. The van der Waals surface area contributed by atoms with Crippen LogP contribution >= 0.6 is 27.3 Å². The highest BCUT2D eigenvalue weighted by Gasteiger charge is 2.24. The molecule has 18 heavy (non-hydrogen) atoms. The molecule has 0 radical (unpaired) electrons. The quantitative estimate of drug-likeness (QED) is 0.811. The van der Waals surface area contributed by atoms with E-state index in [1.807, 2.05) is 0 Å². The number of alkyl halides is 1. The number of rotatable bonds is 3. The fourth-order valence-electron chi connectivity index (χ4n) is 2.52. The van der Waals surface area contributed by atoms with Gasteiger partial charge in [-0.3, -0.25) is 4.40 Å². The highest BCUT2D eigenvalue weighted by atomic mass is 79.9. The van der Waals surface area contributed by atoms with E-state index in [1.165, 1.54) is 12.1 Å². The molecular weight excluding hydrogens is 314 g/mol. The van der Waals surface area contributed by atoms with Gasteiger partial charge in [0.1, 0.15) is 0 Å². The molecule has 0 aliphatic carbocycles. The molecule has 0 saturated carbocycles. The Bertz CT molecular complexity index is 538. The van der Waals surface area contributed by atoms with Crippen molar-refractivity contribution < 1.29 is 4.74 Å². The molecule has 1 unspecified atom stereocenters. The molecule has 0 N–H and O–H groups in total. The van der Waals surface area contributed by atoms with Gasteiger partial charge in [0, 0.05) is 37.1 Å². The van der Waals surface area contributed by atoms with Crippen LogP contribution in [0.2, 0.25) is 0 Å². The summed E-state index contributed by atoms with van der Waals surface area (Å²) in [5, 5.41) is 2.90. The van der Waals surface area contributed by atoms with Crippen molar-refractivity contribution in [1.29, 1.82) is 0 Å². The number of fused-ring (bicyclic) bond motifs is 1. The molecule has 1 fully saturated rings. The Morgan fingerprint density at radius 3 is 3.28 bits per heavy atom. The van der Waals surface area contributed by atoms with Crippen LogP contribution < -0.4 is 4.90 Å². The van der Waals surface area contributed by atoms with Gasteiger partial charge in [0.25, 0.3) is 0 Å². The average Bonchev–Trinajstić information content (AvgIpc) is 2.98. The lowest BCUT2D eigenvalue weighted by Gasteiger charge is -2.32. The molecule has 2 aromatic rings. The van der Waals surface area contributed by atoms with E-state index in [-0.39, 0.29) is 0 Å². The third kappa shape index (κ3) is 2.06. The summed E-state index contributed by atoms with van der Waals surface area (Å²) in [6.07, 6.45) is 4.75. The fourth-order valence-corrected chi connectivity index (χ4v) is 3.77. The molecule has 1 atom stereocenters. The van der Waals surface area contributed by atoms with Crippen molar-refractivity contribution >= 4 is 38.0 Å². The minimum atomic E-state index is 0.335. The summed E-state index contributed by atoms with van der Waals surface area (Å²) in [7, 11) is 1.80. The average molecular weight is 330 g/mol. The van der Waals surface area contributed by atoms with Crippen molar-refractivity contribution in [3.05, 3.63) is 17.3 Å². The van der Waals surface area contributed by atoms with Gasteiger partial charge in [0.2, 0.25) is 0 Å². The number of imidazole rings is 1. The van der Waals surface area contributed by atoms with Crippen LogP contribution in [-0.2, 0) is 10.1 Å². The van der Waals surface area contributed by atoms with Gasteiger partial charge in [0.15, 0.2) is 10.8 Å². The lowest BCUT2D eigenvalue weighted by atomic mass is 10.1. The number of methoxy groups -OCH3 is 1. The van der Waals surface area contributed by atoms with Crippen LogP contribution in [-0.4, -0.2) is 35.7 Å². The number of hydrogen-bond donors (Lipinski definition) is 0. The molecule has 0 spiro atoms. The molecule has 6 heteroatoms. The molecule has 4 nitrogen and oxygen atoms in total. The second-order valence-electron chi connectivity index (χ2n) is 4.52. The molecule has 1 saturated heterocycles. The summed E-state index contributed by atoms with van der Waals surface area (Å²) in [5.74, 6) is 1.11. The Morgan fingerprint density at radius 1 is 1.61 bits per heavy atom. The van der Waals surface area contributed by atoms with Crippen LogP contribution in [0.3, 0.4) is 0 Å². The predicted molar refractivity (Wildman–Crippen MR) is 77.9 cm³/mol. The number of ether oxygens (including phenoxy) is 1. The number of piperidine rings is 1. The molecule has 3 heterocycles. The first kappa shape index (κ1) is 12.4. The lowest BCUT2D eigenvalue weighted by molar-refractivity contribution is 0.0891. The SMILES string of the molecule is COC1CCCN(c2nc3sccn3c2CBr)C1. The number of thiazole rings is 1. The minimum Gasteiger partial charge on any atom is -0.380 e. The summed E-state index contributed by atoms with van der Waals surface area (Å²) < 4.78 is 7.66. The van der Waals surface area contributed by atoms with Gasteiger partial charge in [-0.2, -0.15) is 0 Å². The highest BCUT2D eigenvalue weighted by Crippen LogP contribution is 2.28. The van der Waals surface area contributed by atoms with Gasteiger partial charge in [-0.1, -0.05) is 15.9 Å². The van der Waals surface area contributed by atoms with Crippen LogP contribution in [0.15, 0.2) is 11.6 Å². The number of halogens is 1. The molecule has 0 amide bonds. The van der Waals surface area contributed by atoms with Gasteiger partial charge in [-0.05, 0) is 12.8 Å². The summed E-state index contributed by atoms with van der Waals surface area (Å²) in [6.45, 7) is 2.02. The van der Waals surface area contributed by atoms with Crippen molar-refractivity contribution in [2.45, 2.75) is 24.3 Å². The van der Waals surface area contributed by atoms with Crippen LogP contribution in [0.5, 0.6) is 0 Å². The maximum atomic E-state index is 5.49. The number of hydrogen-bond acceptors (Lipinski definition) is 4. The first-order valence-electron chi connectivity index (χ1n) is 6.11. The fraction of sp³-hybridized carbons (Fsp3) is 0.583. The Labute approximate surface area is 119 Å². The summed E-state index contributed by atoms with van der Waals surface area (Å²) in [5.41, 5.74) is 1.24. The molecule has 0 aromatic carbocycles.